The van der Waals surface area contributed by atoms with Crippen LogP contribution in [0, 0.1) is 17.8 Å². The van der Waals surface area contributed by atoms with Crippen LogP contribution in [0.1, 0.15) is 39.5 Å². The molecule has 1 saturated carbocycles. The van der Waals surface area contributed by atoms with Gasteiger partial charge in [0.2, 0.25) is 0 Å². The SMILES string of the molecule is CNC1CCC(C(C)C)CC1CN(C)C1CCS(=O)(=O)C1. The number of nitrogens with one attached hydrogen (secondary N) is 1. The van der Waals surface area contributed by atoms with Gasteiger partial charge in [-0.2, -0.15) is 0 Å². The number of nitrogens with zero attached hydrogens (tertiary/aromatic N) is 1. The van der Waals surface area contributed by atoms with Crippen LogP contribution >= 0.6 is 0 Å². The van der Waals surface area contributed by atoms with Crippen LogP contribution in [-0.4, -0.2) is 57.5 Å². The highest BCUT2D eigenvalue weighted by atomic mass is 32.2. The van der Waals surface area contributed by atoms with Crippen LogP contribution in [-0.2, 0) is 9.84 Å². The summed E-state index contributed by atoms with van der Waals surface area (Å²) in [7, 11) is 1.39. The van der Waals surface area contributed by atoms with Crippen molar-refractivity contribution in [1.82, 2.24) is 10.2 Å². The highest BCUT2D eigenvalue weighted by Crippen LogP contribution is 2.34. The van der Waals surface area contributed by atoms with Gasteiger partial charge in [0.05, 0.1) is 11.5 Å². The smallest absolute Gasteiger partial charge is 0.151 e. The summed E-state index contributed by atoms with van der Waals surface area (Å²) in [6, 6.07) is 0.812. The Morgan fingerprint density at radius 1 is 1.24 bits per heavy atom. The maximum absolute atomic E-state index is 11.7. The molecular weight excluding hydrogens is 284 g/mol. The second kappa shape index (κ2) is 6.97. The molecule has 4 nitrogen and oxygen atoms in total. The van der Waals surface area contributed by atoms with Crippen LogP contribution < -0.4 is 5.32 Å². The van der Waals surface area contributed by atoms with Crippen LogP contribution in [0.15, 0.2) is 0 Å². The number of sulfone groups is 1. The highest BCUT2D eigenvalue weighted by Gasteiger charge is 2.35. The van der Waals surface area contributed by atoms with E-state index in [4.69, 9.17) is 0 Å². The van der Waals surface area contributed by atoms with Gasteiger partial charge in [0.25, 0.3) is 0 Å². The average Bonchev–Trinajstić information content (AvgIpc) is 2.79. The lowest BCUT2D eigenvalue weighted by Crippen LogP contribution is -2.46. The molecule has 2 fully saturated rings. The van der Waals surface area contributed by atoms with Gasteiger partial charge >= 0.3 is 0 Å². The second-order valence-electron chi connectivity index (χ2n) is 7.47. The summed E-state index contributed by atoms with van der Waals surface area (Å²) in [4.78, 5) is 2.31. The minimum absolute atomic E-state index is 0.229. The van der Waals surface area contributed by atoms with Crippen LogP contribution in [0.3, 0.4) is 0 Å². The van der Waals surface area contributed by atoms with E-state index in [1.54, 1.807) is 0 Å². The molecular formula is C16H32N2O2S. The molecule has 21 heavy (non-hydrogen) atoms. The molecule has 2 rings (SSSR count). The van der Waals surface area contributed by atoms with Crippen molar-refractivity contribution in [1.29, 1.82) is 0 Å². The van der Waals surface area contributed by atoms with Gasteiger partial charge < -0.3 is 10.2 Å². The predicted molar refractivity (Wildman–Crippen MR) is 88.2 cm³/mol. The Labute approximate surface area is 130 Å². The molecule has 124 valence electrons. The van der Waals surface area contributed by atoms with Gasteiger partial charge in [-0.15, -0.1) is 0 Å². The lowest BCUT2D eigenvalue weighted by molar-refractivity contribution is 0.122. The molecule has 0 bridgehead atoms. The third-order valence-corrected chi connectivity index (χ3v) is 7.44. The standard InChI is InChI=1S/C16H32N2O2S/c1-12(2)13-5-6-16(17-3)14(9-13)10-18(4)15-7-8-21(19,20)11-15/h12-17H,5-11H2,1-4H3. The van der Waals surface area contributed by atoms with Crippen molar-refractivity contribution in [3.05, 3.63) is 0 Å². The van der Waals surface area contributed by atoms with Gasteiger partial charge in [-0.25, -0.2) is 8.42 Å². The summed E-state index contributed by atoms with van der Waals surface area (Å²) in [5.41, 5.74) is 0. The van der Waals surface area contributed by atoms with E-state index < -0.39 is 9.84 Å². The third-order valence-electron chi connectivity index (χ3n) is 5.69. The van der Waals surface area contributed by atoms with E-state index in [9.17, 15) is 8.42 Å². The Balaban J connectivity index is 1.95. The van der Waals surface area contributed by atoms with Crippen LogP contribution in [0.25, 0.3) is 0 Å². The van der Waals surface area contributed by atoms with Crippen molar-refractivity contribution < 1.29 is 8.42 Å². The quantitative estimate of drug-likeness (QED) is 0.840. The first-order valence-corrected chi connectivity index (χ1v) is 10.2. The van der Waals surface area contributed by atoms with Gasteiger partial charge in [0, 0.05) is 18.6 Å². The van der Waals surface area contributed by atoms with Gasteiger partial charge in [-0.3, -0.25) is 0 Å². The Hall–Kier alpha value is -0.130. The summed E-state index contributed by atoms with van der Waals surface area (Å²) in [6.07, 6.45) is 4.65. The van der Waals surface area contributed by atoms with E-state index >= 15 is 0 Å². The zero-order valence-corrected chi connectivity index (χ0v) is 14.8. The minimum atomic E-state index is -2.78. The van der Waals surface area contributed by atoms with Gasteiger partial charge in [-0.05, 0) is 57.5 Å². The van der Waals surface area contributed by atoms with Crippen molar-refractivity contribution >= 4 is 9.84 Å². The molecule has 0 aromatic heterocycles. The molecule has 0 aromatic carbocycles. The topological polar surface area (TPSA) is 49.4 Å². The van der Waals surface area contributed by atoms with Crippen molar-refractivity contribution in [2.45, 2.75) is 51.6 Å². The fraction of sp³-hybridized carbons (Fsp3) is 1.00. The zero-order chi connectivity index (χ0) is 15.6. The monoisotopic (exact) mass is 316 g/mol. The second-order valence-corrected chi connectivity index (χ2v) is 9.70. The van der Waals surface area contributed by atoms with Crippen molar-refractivity contribution in [2.75, 3.05) is 32.1 Å². The minimum Gasteiger partial charge on any atom is -0.317 e. The maximum Gasteiger partial charge on any atom is 0.151 e. The van der Waals surface area contributed by atoms with Crippen molar-refractivity contribution in [2.24, 2.45) is 17.8 Å². The molecule has 0 aromatic rings. The Morgan fingerprint density at radius 3 is 2.48 bits per heavy atom. The number of rotatable bonds is 5. The van der Waals surface area contributed by atoms with E-state index in [1.165, 1.54) is 19.3 Å². The molecule has 1 N–H and O–H groups in total. The van der Waals surface area contributed by atoms with Gasteiger partial charge in [-0.1, -0.05) is 13.8 Å². The van der Waals surface area contributed by atoms with Crippen LogP contribution in [0.4, 0.5) is 0 Å². The highest BCUT2D eigenvalue weighted by molar-refractivity contribution is 7.91. The fourth-order valence-electron chi connectivity index (χ4n) is 4.13. The largest absolute Gasteiger partial charge is 0.317 e. The van der Waals surface area contributed by atoms with E-state index in [0.717, 1.165) is 24.8 Å². The summed E-state index contributed by atoms with van der Waals surface area (Å²) in [5.74, 6) is 2.94. The first kappa shape index (κ1) is 17.2. The fourth-order valence-corrected chi connectivity index (χ4v) is 5.93. The Bertz CT molecular complexity index is 436. The average molecular weight is 317 g/mol. The third kappa shape index (κ3) is 4.42. The van der Waals surface area contributed by atoms with E-state index in [-0.39, 0.29) is 6.04 Å². The lowest BCUT2D eigenvalue weighted by atomic mass is 9.73. The Morgan fingerprint density at radius 2 is 1.95 bits per heavy atom. The molecule has 1 heterocycles. The summed E-state index contributed by atoms with van der Waals surface area (Å²) >= 11 is 0. The summed E-state index contributed by atoms with van der Waals surface area (Å²) < 4.78 is 23.3. The molecule has 1 aliphatic carbocycles. The predicted octanol–water partition coefficient (Wildman–Crippen LogP) is 1.77. The molecule has 1 saturated heterocycles. The maximum atomic E-state index is 11.7. The number of hydrogen-bond acceptors (Lipinski definition) is 4. The molecule has 4 atom stereocenters. The van der Waals surface area contributed by atoms with E-state index in [0.29, 0.717) is 23.5 Å². The molecule has 1 aliphatic heterocycles. The molecule has 5 heteroatoms. The number of hydrogen-bond donors (Lipinski definition) is 1. The van der Waals surface area contributed by atoms with Crippen LogP contribution in [0.5, 0.6) is 0 Å². The zero-order valence-electron chi connectivity index (χ0n) is 14.0. The summed E-state index contributed by atoms with van der Waals surface area (Å²) in [6.45, 7) is 5.68. The molecule has 4 unspecified atom stereocenters. The van der Waals surface area contributed by atoms with Gasteiger partial charge in [0.1, 0.15) is 0 Å². The van der Waals surface area contributed by atoms with Crippen LogP contribution in [0.2, 0.25) is 0 Å². The van der Waals surface area contributed by atoms with E-state index in [2.05, 4.69) is 38.2 Å². The lowest BCUT2D eigenvalue weighted by Gasteiger charge is -2.40. The first-order valence-electron chi connectivity index (χ1n) is 8.40. The summed E-state index contributed by atoms with van der Waals surface area (Å²) in [5, 5.41) is 3.48. The molecule has 0 radical (unpaired) electrons. The Kier molecular flexibility index (Phi) is 5.71. The first-order chi connectivity index (χ1) is 9.82. The van der Waals surface area contributed by atoms with Gasteiger partial charge in [0.15, 0.2) is 9.84 Å². The van der Waals surface area contributed by atoms with E-state index in [1.807, 2.05) is 0 Å². The molecule has 0 amide bonds. The molecule has 2 aliphatic rings. The normalized spacial score (nSPS) is 36.5. The van der Waals surface area contributed by atoms with Crippen molar-refractivity contribution in [3.63, 3.8) is 0 Å². The molecule has 0 spiro atoms. The van der Waals surface area contributed by atoms with Crippen molar-refractivity contribution in [3.8, 4) is 0 Å².